The maximum Gasteiger partial charge on any atom is 0.246 e. The van der Waals surface area contributed by atoms with Crippen molar-refractivity contribution in [1.82, 2.24) is 30.0 Å². The molecule has 25 heavy (non-hydrogen) atoms. The fourth-order valence-corrected chi connectivity index (χ4v) is 2.47. The second-order valence-electron chi connectivity index (χ2n) is 5.38. The van der Waals surface area contributed by atoms with Crippen molar-refractivity contribution in [2.45, 2.75) is 26.3 Å². The highest BCUT2D eigenvalue weighted by atomic mass is 16.2. The number of nitriles is 1. The molecule has 1 amide bonds. The van der Waals surface area contributed by atoms with Gasteiger partial charge in [-0.25, -0.2) is 9.36 Å². The molecule has 3 rings (SSSR count). The number of anilines is 1. The Hall–Kier alpha value is -3.54. The monoisotopic (exact) mass is 336 g/mol. The second-order valence-corrected chi connectivity index (χ2v) is 5.38. The van der Waals surface area contributed by atoms with Crippen molar-refractivity contribution in [1.29, 1.82) is 5.26 Å². The van der Waals surface area contributed by atoms with Crippen LogP contribution in [0, 0.1) is 11.3 Å². The predicted octanol–water partition coefficient (Wildman–Crippen LogP) is 1.32. The SMILES string of the molecule is CCCc1c(NC(=O)Cn2cnnn2)cnn1-c1cccc(C#N)c1. The molecule has 1 N–H and O–H groups in total. The zero-order valence-electron chi connectivity index (χ0n) is 13.6. The molecule has 0 spiro atoms. The molecule has 1 aromatic carbocycles. The molecule has 3 aromatic rings. The minimum atomic E-state index is -0.241. The Morgan fingerprint density at radius 2 is 2.28 bits per heavy atom. The molecule has 0 aliphatic carbocycles. The Labute approximate surface area is 143 Å². The number of hydrogen-bond acceptors (Lipinski definition) is 6. The Morgan fingerprint density at radius 3 is 3.00 bits per heavy atom. The van der Waals surface area contributed by atoms with Gasteiger partial charge in [-0.2, -0.15) is 10.4 Å². The molecule has 0 unspecified atom stereocenters. The Kier molecular flexibility index (Phi) is 4.80. The maximum absolute atomic E-state index is 12.2. The lowest BCUT2D eigenvalue weighted by Crippen LogP contribution is -2.20. The van der Waals surface area contributed by atoms with Crippen LogP contribution in [0.2, 0.25) is 0 Å². The minimum Gasteiger partial charge on any atom is -0.322 e. The van der Waals surface area contributed by atoms with Gasteiger partial charge in [0, 0.05) is 0 Å². The number of hydrogen-bond donors (Lipinski definition) is 1. The number of nitrogens with zero attached hydrogens (tertiary/aromatic N) is 7. The lowest BCUT2D eigenvalue weighted by Gasteiger charge is -2.10. The first kappa shape index (κ1) is 16.3. The first-order valence-corrected chi connectivity index (χ1v) is 7.79. The van der Waals surface area contributed by atoms with Gasteiger partial charge in [0.05, 0.1) is 34.9 Å². The van der Waals surface area contributed by atoms with E-state index in [1.165, 1.54) is 11.0 Å². The molecule has 0 aliphatic rings. The molecule has 126 valence electrons. The standard InChI is InChI=1S/C16H16N8O/c1-2-4-15-14(20-16(25)10-23-11-18-21-22-23)9-19-24(15)13-6-3-5-12(7-13)8-17/h3,5-7,9,11H,2,4,10H2,1H3,(H,20,25). The number of nitrogens with one attached hydrogen (secondary N) is 1. The third-order valence-electron chi connectivity index (χ3n) is 3.55. The summed E-state index contributed by atoms with van der Waals surface area (Å²) in [5, 5.41) is 27.0. The molecule has 2 aromatic heterocycles. The van der Waals surface area contributed by atoms with Crippen LogP contribution in [0.1, 0.15) is 24.6 Å². The summed E-state index contributed by atoms with van der Waals surface area (Å²) in [6.07, 6.45) is 4.61. The molecule has 0 fully saturated rings. The van der Waals surface area contributed by atoms with Crippen molar-refractivity contribution in [3.8, 4) is 11.8 Å². The predicted molar refractivity (Wildman–Crippen MR) is 88.7 cm³/mol. The van der Waals surface area contributed by atoms with Crippen LogP contribution in [0.25, 0.3) is 5.69 Å². The van der Waals surface area contributed by atoms with E-state index in [0.717, 1.165) is 24.2 Å². The second kappa shape index (κ2) is 7.35. The van der Waals surface area contributed by atoms with Gasteiger partial charge < -0.3 is 5.32 Å². The first-order valence-electron chi connectivity index (χ1n) is 7.79. The lowest BCUT2D eigenvalue weighted by atomic mass is 10.2. The molecule has 0 saturated heterocycles. The number of amides is 1. The molecule has 0 radical (unpaired) electrons. The van der Waals surface area contributed by atoms with Crippen molar-refractivity contribution in [2.24, 2.45) is 0 Å². The van der Waals surface area contributed by atoms with Crippen LogP contribution in [0.4, 0.5) is 5.69 Å². The summed E-state index contributed by atoms with van der Waals surface area (Å²) in [5.74, 6) is -0.241. The molecule has 9 nitrogen and oxygen atoms in total. The van der Waals surface area contributed by atoms with Gasteiger partial charge in [-0.05, 0) is 35.0 Å². The largest absolute Gasteiger partial charge is 0.322 e. The van der Waals surface area contributed by atoms with Crippen LogP contribution >= 0.6 is 0 Å². The number of carbonyl (C=O) groups is 1. The van der Waals surface area contributed by atoms with E-state index in [2.05, 4.69) is 38.9 Å². The van der Waals surface area contributed by atoms with E-state index in [1.54, 1.807) is 29.1 Å². The van der Waals surface area contributed by atoms with Crippen LogP contribution in [-0.4, -0.2) is 35.9 Å². The average molecular weight is 336 g/mol. The molecule has 2 heterocycles. The quantitative estimate of drug-likeness (QED) is 0.726. The summed E-state index contributed by atoms with van der Waals surface area (Å²) >= 11 is 0. The number of benzene rings is 1. The van der Waals surface area contributed by atoms with E-state index >= 15 is 0 Å². The molecule has 9 heteroatoms. The van der Waals surface area contributed by atoms with Crippen LogP contribution in [0.3, 0.4) is 0 Å². The summed E-state index contributed by atoms with van der Waals surface area (Å²) in [7, 11) is 0. The van der Waals surface area contributed by atoms with Crippen LogP contribution in [0.15, 0.2) is 36.8 Å². The van der Waals surface area contributed by atoms with Gasteiger partial charge in [0.1, 0.15) is 12.9 Å². The van der Waals surface area contributed by atoms with Gasteiger partial charge >= 0.3 is 0 Å². The van der Waals surface area contributed by atoms with Gasteiger partial charge in [0.15, 0.2) is 0 Å². The van der Waals surface area contributed by atoms with Gasteiger partial charge in [-0.3, -0.25) is 4.79 Å². The normalized spacial score (nSPS) is 10.4. The van der Waals surface area contributed by atoms with E-state index in [1.807, 2.05) is 6.07 Å². The minimum absolute atomic E-state index is 0.0215. The smallest absolute Gasteiger partial charge is 0.246 e. The third kappa shape index (κ3) is 3.69. The van der Waals surface area contributed by atoms with E-state index in [9.17, 15) is 4.79 Å². The van der Waals surface area contributed by atoms with E-state index in [4.69, 9.17) is 5.26 Å². The highest BCUT2D eigenvalue weighted by molar-refractivity contribution is 5.91. The first-order chi connectivity index (χ1) is 12.2. The summed E-state index contributed by atoms with van der Waals surface area (Å²) in [6.45, 7) is 2.07. The summed E-state index contributed by atoms with van der Waals surface area (Å²) in [6, 6.07) is 9.30. The van der Waals surface area contributed by atoms with Crippen molar-refractivity contribution in [2.75, 3.05) is 5.32 Å². The van der Waals surface area contributed by atoms with Crippen molar-refractivity contribution in [3.05, 3.63) is 48.0 Å². The number of tetrazole rings is 1. The molecule has 0 bridgehead atoms. The van der Waals surface area contributed by atoms with Crippen molar-refractivity contribution < 1.29 is 4.79 Å². The molecule has 0 saturated carbocycles. The Balaban J connectivity index is 1.86. The lowest BCUT2D eigenvalue weighted by molar-refractivity contribution is -0.116. The number of aromatic nitrogens is 6. The summed E-state index contributed by atoms with van der Waals surface area (Å²) < 4.78 is 3.09. The van der Waals surface area contributed by atoms with E-state index in [-0.39, 0.29) is 12.5 Å². The fourth-order valence-electron chi connectivity index (χ4n) is 2.47. The van der Waals surface area contributed by atoms with Crippen LogP contribution in [0.5, 0.6) is 0 Å². The summed E-state index contributed by atoms with van der Waals surface area (Å²) in [5.41, 5.74) is 2.85. The van der Waals surface area contributed by atoms with Crippen LogP contribution in [-0.2, 0) is 17.8 Å². The van der Waals surface area contributed by atoms with Crippen molar-refractivity contribution >= 4 is 11.6 Å². The maximum atomic E-state index is 12.2. The van der Waals surface area contributed by atoms with Crippen LogP contribution < -0.4 is 5.32 Å². The number of rotatable bonds is 6. The number of carbonyl (C=O) groups excluding carboxylic acids is 1. The van der Waals surface area contributed by atoms with Crippen molar-refractivity contribution in [3.63, 3.8) is 0 Å². The van der Waals surface area contributed by atoms with E-state index in [0.29, 0.717) is 11.3 Å². The van der Waals surface area contributed by atoms with E-state index < -0.39 is 0 Å². The fraction of sp³-hybridized carbons (Fsp3) is 0.250. The van der Waals surface area contributed by atoms with Gasteiger partial charge in [-0.15, -0.1) is 5.10 Å². The Bertz CT molecular complexity index is 907. The van der Waals surface area contributed by atoms with Gasteiger partial charge in [0.2, 0.25) is 5.91 Å². The molecule has 0 aliphatic heterocycles. The highest BCUT2D eigenvalue weighted by Gasteiger charge is 2.15. The zero-order valence-corrected chi connectivity index (χ0v) is 13.6. The molecular weight excluding hydrogens is 320 g/mol. The topological polar surface area (TPSA) is 114 Å². The Morgan fingerprint density at radius 1 is 1.40 bits per heavy atom. The third-order valence-corrected chi connectivity index (χ3v) is 3.55. The van der Waals surface area contributed by atoms with Gasteiger partial charge in [0.25, 0.3) is 0 Å². The van der Waals surface area contributed by atoms with Gasteiger partial charge in [-0.1, -0.05) is 19.4 Å². The zero-order chi connectivity index (χ0) is 17.6. The average Bonchev–Trinajstić information content (AvgIpc) is 3.26. The summed E-state index contributed by atoms with van der Waals surface area (Å²) in [4.78, 5) is 12.2. The highest BCUT2D eigenvalue weighted by Crippen LogP contribution is 2.21. The molecule has 0 atom stereocenters. The molecular formula is C16H16N8O.